The topological polar surface area (TPSA) is 62.2 Å². The second-order valence-corrected chi connectivity index (χ2v) is 6.85. The molecule has 1 atom stereocenters. The lowest BCUT2D eigenvalue weighted by molar-refractivity contribution is -0.127. The van der Waals surface area contributed by atoms with Crippen molar-refractivity contribution in [3.8, 4) is 0 Å². The number of rotatable bonds is 6. The third-order valence-electron chi connectivity index (χ3n) is 5.25. The average molecular weight is 326 g/mol. The molecule has 0 aliphatic heterocycles. The van der Waals surface area contributed by atoms with Crippen molar-refractivity contribution in [1.82, 2.24) is 10.3 Å². The first kappa shape index (κ1) is 16.9. The summed E-state index contributed by atoms with van der Waals surface area (Å²) in [6, 6.07) is 10.1. The van der Waals surface area contributed by atoms with E-state index >= 15 is 0 Å². The molecule has 1 amide bonds. The second kappa shape index (κ2) is 7.31. The molecular weight excluding hydrogens is 300 g/mol. The number of aliphatic hydroxyl groups excluding tert-OH is 1. The number of hydrogen-bond acceptors (Lipinski definition) is 3. The van der Waals surface area contributed by atoms with Gasteiger partial charge in [-0.25, -0.2) is 0 Å². The fourth-order valence-corrected chi connectivity index (χ4v) is 3.56. The molecule has 1 heterocycles. The van der Waals surface area contributed by atoms with Crippen molar-refractivity contribution in [3.63, 3.8) is 0 Å². The fraction of sp³-hybridized carbons (Fsp3) is 0.500. The highest BCUT2D eigenvalue weighted by Crippen LogP contribution is 2.38. The monoisotopic (exact) mass is 326 g/mol. The number of amides is 1. The number of carbonyl (C=O) groups excluding carboxylic acids is 1. The Labute approximate surface area is 143 Å². The van der Waals surface area contributed by atoms with Crippen LogP contribution in [0.25, 0.3) is 10.9 Å². The minimum Gasteiger partial charge on any atom is -0.393 e. The number of aliphatic hydroxyl groups is 1. The number of hydrogen-bond donors (Lipinski definition) is 2. The molecule has 1 aromatic carbocycles. The van der Waals surface area contributed by atoms with Gasteiger partial charge in [0.2, 0.25) is 5.91 Å². The number of aromatic nitrogens is 1. The van der Waals surface area contributed by atoms with Gasteiger partial charge in [-0.15, -0.1) is 0 Å². The maximum absolute atomic E-state index is 12.6. The van der Waals surface area contributed by atoms with E-state index in [9.17, 15) is 9.90 Å². The zero-order valence-corrected chi connectivity index (χ0v) is 14.4. The van der Waals surface area contributed by atoms with Crippen LogP contribution in [0.2, 0.25) is 0 Å². The summed E-state index contributed by atoms with van der Waals surface area (Å²) in [6.07, 6.45) is 4.79. The van der Waals surface area contributed by atoms with Crippen molar-refractivity contribution in [2.24, 2.45) is 11.8 Å². The summed E-state index contributed by atoms with van der Waals surface area (Å²) in [4.78, 5) is 17.1. The minimum absolute atomic E-state index is 0.0471. The molecule has 4 nitrogen and oxygen atoms in total. The van der Waals surface area contributed by atoms with Gasteiger partial charge in [0.25, 0.3) is 0 Å². The number of benzene rings is 1. The summed E-state index contributed by atoms with van der Waals surface area (Å²) < 4.78 is 0. The first-order chi connectivity index (χ1) is 11.6. The molecule has 1 aliphatic carbocycles. The molecule has 0 bridgehead atoms. The Morgan fingerprint density at radius 1 is 1.29 bits per heavy atom. The van der Waals surface area contributed by atoms with Gasteiger partial charge in [0.05, 0.1) is 17.7 Å². The lowest BCUT2D eigenvalue weighted by Gasteiger charge is -2.38. The highest BCUT2D eigenvalue weighted by Gasteiger charge is 2.36. The molecule has 2 N–H and O–H groups in total. The molecule has 1 aromatic heterocycles. The summed E-state index contributed by atoms with van der Waals surface area (Å²) in [5.74, 6) is 0.437. The van der Waals surface area contributed by atoms with Crippen molar-refractivity contribution in [2.75, 3.05) is 0 Å². The van der Waals surface area contributed by atoms with Gasteiger partial charge < -0.3 is 10.4 Å². The smallest absolute Gasteiger partial charge is 0.223 e. The molecule has 4 heteroatoms. The Balaban J connectivity index is 1.87. The van der Waals surface area contributed by atoms with Gasteiger partial charge in [-0.2, -0.15) is 0 Å². The Kier molecular flexibility index (Phi) is 5.14. The van der Waals surface area contributed by atoms with Gasteiger partial charge in [0.1, 0.15) is 0 Å². The first-order valence-corrected chi connectivity index (χ1v) is 8.95. The van der Waals surface area contributed by atoms with E-state index in [4.69, 9.17) is 0 Å². The van der Waals surface area contributed by atoms with Crippen LogP contribution in [0.3, 0.4) is 0 Å². The molecule has 0 saturated heterocycles. The van der Waals surface area contributed by atoms with E-state index in [0.717, 1.165) is 42.1 Å². The molecule has 0 radical (unpaired) electrons. The van der Waals surface area contributed by atoms with E-state index in [1.165, 1.54) is 0 Å². The van der Waals surface area contributed by atoms with Crippen LogP contribution in [-0.2, 0) is 4.79 Å². The Hall–Kier alpha value is -1.94. The minimum atomic E-state index is -0.240. The van der Waals surface area contributed by atoms with Crippen LogP contribution >= 0.6 is 0 Å². The highest BCUT2D eigenvalue weighted by molar-refractivity contribution is 5.80. The van der Waals surface area contributed by atoms with Crippen molar-refractivity contribution in [1.29, 1.82) is 0 Å². The van der Waals surface area contributed by atoms with Crippen LogP contribution in [0.15, 0.2) is 36.5 Å². The zero-order chi connectivity index (χ0) is 17.1. The van der Waals surface area contributed by atoms with E-state index in [1.807, 2.05) is 44.3 Å². The summed E-state index contributed by atoms with van der Waals surface area (Å²) in [6.45, 7) is 4.10. The van der Waals surface area contributed by atoms with Crippen molar-refractivity contribution in [2.45, 2.75) is 51.7 Å². The van der Waals surface area contributed by atoms with Gasteiger partial charge in [-0.1, -0.05) is 32.0 Å². The summed E-state index contributed by atoms with van der Waals surface area (Å²) >= 11 is 0. The molecular formula is C20H26N2O2. The summed E-state index contributed by atoms with van der Waals surface area (Å²) in [7, 11) is 0. The molecule has 24 heavy (non-hydrogen) atoms. The zero-order valence-electron chi connectivity index (χ0n) is 14.4. The normalized spacial score (nSPS) is 21.5. The van der Waals surface area contributed by atoms with Crippen molar-refractivity contribution >= 4 is 16.8 Å². The Morgan fingerprint density at radius 2 is 2.00 bits per heavy atom. The summed E-state index contributed by atoms with van der Waals surface area (Å²) in [5.41, 5.74) is 1.99. The van der Waals surface area contributed by atoms with Gasteiger partial charge in [0.15, 0.2) is 0 Å². The largest absolute Gasteiger partial charge is 0.393 e. The van der Waals surface area contributed by atoms with E-state index in [-0.39, 0.29) is 29.9 Å². The fourth-order valence-electron chi connectivity index (χ4n) is 3.56. The molecule has 1 saturated carbocycles. The molecule has 0 spiro atoms. The van der Waals surface area contributed by atoms with Crippen LogP contribution < -0.4 is 5.32 Å². The molecule has 2 aromatic rings. The SMILES string of the molecule is CCC(CC)C(=O)NC(c1cnc2ccccc2c1)C1CC(O)C1. The number of nitrogens with zero attached hydrogens (tertiary/aromatic N) is 1. The third kappa shape index (κ3) is 3.44. The van der Waals surface area contributed by atoms with E-state index in [0.29, 0.717) is 0 Å². The van der Waals surface area contributed by atoms with Gasteiger partial charge in [0, 0.05) is 17.5 Å². The van der Waals surface area contributed by atoms with Crippen LogP contribution in [0, 0.1) is 11.8 Å². The number of pyridine rings is 1. The summed E-state index contributed by atoms with van der Waals surface area (Å²) in [5, 5.41) is 14.0. The molecule has 3 rings (SSSR count). The molecule has 1 unspecified atom stereocenters. The number of carbonyl (C=O) groups is 1. The van der Waals surface area contributed by atoms with Gasteiger partial charge in [-0.05, 0) is 49.3 Å². The van der Waals surface area contributed by atoms with Crippen molar-refractivity contribution in [3.05, 3.63) is 42.1 Å². The van der Waals surface area contributed by atoms with E-state index < -0.39 is 0 Å². The predicted molar refractivity (Wildman–Crippen MR) is 95.4 cm³/mol. The first-order valence-electron chi connectivity index (χ1n) is 8.95. The standard InChI is InChI=1S/C20H26N2O2/c1-3-13(4-2)20(24)22-19(15-10-17(23)11-15)16-9-14-7-5-6-8-18(14)21-12-16/h5-9,12-13,15,17,19,23H,3-4,10-11H2,1-2H3,(H,22,24). The highest BCUT2D eigenvalue weighted by atomic mass is 16.3. The number of para-hydroxylation sites is 1. The quantitative estimate of drug-likeness (QED) is 0.852. The lowest BCUT2D eigenvalue weighted by Crippen LogP contribution is -2.43. The maximum Gasteiger partial charge on any atom is 0.223 e. The van der Waals surface area contributed by atoms with Gasteiger partial charge >= 0.3 is 0 Å². The molecule has 1 aliphatic rings. The average Bonchev–Trinajstić information content (AvgIpc) is 2.58. The van der Waals surface area contributed by atoms with Crippen LogP contribution in [-0.4, -0.2) is 22.1 Å². The Bertz CT molecular complexity index is 706. The third-order valence-corrected chi connectivity index (χ3v) is 5.25. The predicted octanol–water partition coefficient (Wildman–Crippen LogP) is 3.60. The van der Waals surface area contributed by atoms with Gasteiger partial charge in [-0.3, -0.25) is 9.78 Å². The van der Waals surface area contributed by atoms with Crippen LogP contribution in [0.1, 0.15) is 51.1 Å². The van der Waals surface area contributed by atoms with Crippen LogP contribution in [0.5, 0.6) is 0 Å². The lowest BCUT2D eigenvalue weighted by atomic mass is 9.75. The molecule has 128 valence electrons. The number of nitrogens with one attached hydrogen (secondary N) is 1. The number of fused-ring (bicyclic) bond motifs is 1. The maximum atomic E-state index is 12.6. The van der Waals surface area contributed by atoms with Crippen molar-refractivity contribution < 1.29 is 9.90 Å². The second-order valence-electron chi connectivity index (χ2n) is 6.85. The molecule has 1 fully saturated rings. The van der Waals surface area contributed by atoms with Crippen LogP contribution in [0.4, 0.5) is 0 Å². The van der Waals surface area contributed by atoms with E-state index in [1.54, 1.807) is 0 Å². The van der Waals surface area contributed by atoms with E-state index in [2.05, 4.69) is 16.4 Å². The Morgan fingerprint density at radius 3 is 2.67 bits per heavy atom.